The van der Waals surface area contributed by atoms with Gasteiger partial charge in [0.05, 0.1) is 12.0 Å². The lowest BCUT2D eigenvalue weighted by Gasteiger charge is -2.37. The molecule has 0 radical (unpaired) electrons. The number of carbonyl (C=O) groups excluding carboxylic acids is 2. The van der Waals surface area contributed by atoms with Crippen LogP contribution in [0, 0.1) is 0 Å². The average Bonchev–Trinajstić information content (AvgIpc) is 3.05. The SMILES string of the molecule is CCOC(=O)[C@H](O)[C@]1(C)c2ccccc2C(=O)c2occ(C(=O)O)c21. The Labute approximate surface area is 142 Å². The summed E-state index contributed by atoms with van der Waals surface area (Å²) in [5.41, 5.74) is -1.22. The standard InChI is InChI=1S/C18H16O7/c1-3-24-17(23)15(20)18(2)11-7-5-4-6-9(11)13(19)14-12(18)10(8-25-14)16(21)22/h4-8,15,20H,3H2,1-2H3,(H,21,22)/t15-,18+/m0/s1. The molecule has 0 saturated carbocycles. The van der Waals surface area contributed by atoms with Crippen LogP contribution in [0.4, 0.5) is 0 Å². The van der Waals surface area contributed by atoms with Gasteiger partial charge < -0.3 is 19.4 Å². The van der Waals surface area contributed by atoms with E-state index >= 15 is 0 Å². The number of aliphatic hydroxyl groups is 1. The number of aliphatic hydroxyl groups excluding tert-OH is 1. The van der Waals surface area contributed by atoms with E-state index in [1.807, 2.05) is 0 Å². The highest BCUT2D eigenvalue weighted by atomic mass is 16.5. The van der Waals surface area contributed by atoms with Crippen molar-refractivity contribution in [2.75, 3.05) is 6.61 Å². The van der Waals surface area contributed by atoms with Crippen LogP contribution in [0.5, 0.6) is 0 Å². The molecule has 0 amide bonds. The fourth-order valence-corrected chi connectivity index (χ4v) is 3.33. The third-order valence-corrected chi connectivity index (χ3v) is 4.53. The second-order valence-electron chi connectivity index (χ2n) is 5.89. The predicted octanol–water partition coefficient (Wildman–Crippen LogP) is 1.75. The zero-order chi connectivity index (χ0) is 18.4. The first-order chi connectivity index (χ1) is 11.8. The molecule has 130 valence electrons. The molecule has 3 rings (SSSR count). The highest BCUT2D eigenvalue weighted by molar-refractivity contribution is 6.13. The Hall–Kier alpha value is -2.93. The molecule has 2 atom stereocenters. The number of ether oxygens (including phenoxy) is 1. The fourth-order valence-electron chi connectivity index (χ4n) is 3.33. The van der Waals surface area contributed by atoms with Crippen molar-refractivity contribution in [1.82, 2.24) is 0 Å². The number of carboxylic acids is 1. The van der Waals surface area contributed by atoms with E-state index < -0.39 is 29.2 Å². The molecule has 0 fully saturated rings. The Bertz CT molecular complexity index is 879. The van der Waals surface area contributed by atoms with Gasteiger partial charge >= 0.3 is 11.9 Å². The Morgan fingerprint density at radius 2 is 2.00 bits per heavy atom. The van der Waals surface area contributed by atoms with Gasteiger partial charge in [-0.3, -0.25) is 4.79 Å². The molecular formula is C18H16O7. The second-order valence-corrected chi connectivity index (χ2v) is 5.89. The van der Waals surface area contributed by atoms with Gasteiger partial charge in [0.25, 0.3) is 0 Å². The molecule has 0 spiro atoms. The van der Waals surface area contributed by atoms with Crippen molar-refractivity contribution < 1.29 is 33.8 Å². The summed E-state index contributed by atoms with van der Waals surface area (Å²) in [6, 6.07) is 6.41. The third kappa shape index (κ3) is 2.27. The highest BCUT2D eigenvalue weighted by Gasteiger charge is 2.52. The van der Waals surface area contributed by atoms with Crippen LogP contribution in [-0.4, -0.2) is 40.6 Å². The number of benzene rings is 1. The van der Waals surface area contributed by atoms with Gasteiger partial charge in [-0.15, -0.1) is 0 Å². The summed E-state index contributed by atoms with van der Waals surface area (Å²) in [6.07, 6.45) is -0.761. The largest absolute Gasteiger partial charge is 0.478 e. The lowest BCUT2D eigenvalue weighted by molar-refractivity contribution is -0.156. The maximum Gasteiger partial charge on any atom is 0.339 e. The number of aromatic carboxylic acids is 1. The first-order valence-electron chi connectivity index (χ1n) is 7.68. The Morgan fingerprint density at radius 3 is 2.64 bits per heavy atom. The Kier molecular flexibility index (Phi) is 3.96. The first kappa shape index (κ1) is 16.9. The van der Waals surface area contributed by atoms with E-state index in [-0.39, 0.29) is 29.1 Å². The van der Waals surface area contributed by atoms with Gasteiger partial charge in [0.15, 0.2) is 11.9 Å². The minimum atomic E-state index is -1.71. The number of hydrogen-bond acceptors (Lipinski definition) is 6. The van der Waals surface area contributed by atoms with Crippen LogP contribution in [0.1, 0.15) is 51.5 Å². The summed E-state index contributed by atoms with van der Waals surface area (Å²) in [6.45, 7) is 3.15. The molecule has 1 aliphatic carbocycles. The molecule has 0 aliphatic heterocycles. The van der Waals surface area contributed by atoms with Crippen molar-refractivity contribution >= 4 is 17.7 Å². The fraction of sp³-hybridized carbons (Fsp3) is 0.278. The van der Waals surface area contributed by atoms with Crippen molar-refractivity contribution in [1.29, 1.82) is 0 Å². The molecule has 2 N–H and O–H groups in total. The van der Waals surface area contributed by atoms with E-state index in [4.69, 9.17) is 9.15 Å². The average molecular weight is 344 g/mol. The second kappa shape index (κ2) is 5.86. The summed E-state index contributed by atoms with van der Waals surface area (Å²) in [4.78, 5) is 36.5. The molecule has 1 heterocycles. The normalized spacial score (nSPS) is 19.7. The summed E-state index contributed by atoms with van der Waals surface area (Å²) >= 11 is 0. The molecule has 0 unspecified atom stereocenters. The van der Waals surface area contributed by atoms with E-state index in [1.165, 1.54) is 6.92 Å². The molecule has 7 heteroatoms. The van der Waals surface area contributed by atoms with Gasteiger partial charge in [-0.1, -0.05) is 24.3 Å². The molecule has 2 aromatic rings. The van der Waals surface area contributed by atoms with E-state index in [2.05, 4.69) is 0 Å². The van der Waals surface area contributed by atoms with Crippen LogP contribution in [-0.2, 0) is 14.9 Å². The van der Waals surface area contributed by atoms with Gasteiger partial charge in [-0.2, -0.15) is 0 Å². The minimum absolute atomic E-state index is 0.0238. The number of rotatable bonds is 4. The number of carboxylic acid groups (broad SMARTS) is 1. The van der Waals surface area contributed by atoms with Crippen LogP contribution in [0.2, 0.25) is 0 Å². The molecule has 7 nitrogen and oxygen atoms in total. The third-order valence-electron chi connectivity index (χ3n) is 4.53. The maximum atomic E-state index is 12.7. The number of fused-ring (bicyclic) bond motifs is 2. The van der Waals surface area contributed by atoms with Crippen LogP contribution in [0.25, 0.3) is 0 Å². The van der Waals surface area contributed by atoms with Gasteiger partial charge in [-0.05, 0) is 19.4 Å². The molecular weight excluding hydrogens is 328 g/mol. The summed E-state index contributed by atoms with van der Waals surface area (Å²) < 4.78 is 10.1. The van der Waals surface area contributed by atoms with Crippen molar-refractivity contribution in [2.24, 2.45) is 0 Å². The highest BCUT2D eigenvalue weighted by Crippen LogP contribution is 2.46. The smallest absolute Gasteiger partial charge is 0.339 e. The summed E-state index contributed by atoms with van der Waals surface area (Å²) in [5, 5.41) is 20.2. The number of carbonyl (C=O) groups is 3. The van der Waals surface area contributed by atoms with Crippen LogP contribution in [0.15, 0.2) is 34.9 Å². The molecule has 1 aromatic heterocycles. The molecule has 0 saturated heterocycles. The van der Waals surface area contributed by atoms with Crippen LogP contribution >= 0.6 is 0 Å². The molecule has 0 bridgehead atoms. The number of ketones is 1. The topological polar surface area (TPSA) is 114 Å². The summed E-state index contributed by atoms with van der Waals surface area (Å²) in [5.74, 6) is -2.91. The van der Waals surface area contributed by atoms with E-state index in [9.17, 15) is 24.6 Å². The van der Waals surface area contributed by atoms with Crippen molar-refractivity contribution in [3.8, 4) is 0 Å². The van der Waals surface area contributed by atoms with Gasteiger partial charge in [0.1, 0.15) is 11.8 Å². The minimum Gasteiger partial charge on any atom is -0.478 e. The van der Waals surface area contributed by atoms with E-state index in [1.54, 1.807) is 31.2 Å². The molecule has 25 heavy (non-hydrogen) atoms. The first-order valence-corrected chi connectivity index (χ1v) is 7.68. The Morgan fingerprint density at radius 1 is 1.32 bits per heavy atom. The van der Waals surface area contributed by atoms with Gasteiger partial charge in [0.2, 0.25) is 5.78 Å². The maximum absolute atomic E-state index is 12.7. The van der Waals surface area contributed by atoms with Crippen LogP contribution in [0.3, 0.4) is 0 Å². The number of furan rings is 1. The van der Waals surface area contributed by atoms with Gasteiger partial charge in [0, 0.05) is 11.1 Å². The quantitative estimate of drug-likeness (QED) is 0.812. The lowest BCUT2D eigenvalue weighted by Crippen LogP contribution is -2.48. The summed E-state index contributed by atoms with van der Waals surface area (Å²) in [7, 11) is 0. The zero-order valence-electron chi connectivity index (χ0n) is 13.6. The number of hydrogen-bond donors (Lipinski definition) is 2. The van der Waals surface area contributed by atoms with Crippen LogP contribution < -0.4 is 0 Å². The lowest BCUT2D eigenvalue weighted by atomic mass is 9.65. The van der Waals surface area contributed by atoms with Crippen molar-refractivity contribution in [3.63, 3.8) is 0 Å². The monoisotopic (exact) mass is 344 g/mol. The van der Waals surface area contributed by atoms with E-state index in [0.717, 1.165) is 6.26 Å². The Balaban J connectivity index is 2.33. The van der Waals surface area contributed by atoms with Crippen molar-refractivity contribution in [3.05, 3.63) is 58.5 Å². The van der Waals surface area contributed by atoms with Crippen molar-refractivity contribution in [2.45, 2.75) is 25.4 Å². The van der Waals surface area contributed by atoms with E-state index in [0.29, 0.717) is 5.56 Å². The molecule has 1 aromatic carbocycles. The van der Waals surface area contributed by atoms with Gasteiger partial charge in [-0.25, -0.2) is 9.59 Å². The zero-order valence-corrected chi connectivity index (χ0v) is 13.6. The predicted molar refractivity (Wildman–Crippen MR) is 84.6 cm³/mol. The molecule has 1 aliphatic rings. The number of esters is 1.